The van der Waals surface area contributed by atoms with E-state index in [1.807, 2.05) is 31.2 Å². The quantitative estimate of drug-likeness (QED) is 0.755. The standard InChI is InChI=1S/C19H20N2O6S/c1-12-9-13-5-3-4-6-16(13)21(12)18(22)11-27-19(23)15-10-14(28(20,24)25)7-8-17(15)26-2/h3-8,10,12H,9,11H2,1-2H3,(H2,20,24,25)/t12-/m1/s1. The van der Waals surface area contributed by atoms with Crippen molar-refractivity contribution in [2.24, 2.45) is 5.14 Å². The molecule has 0 unspecified atom stereocenters. The Morgan fingerprint density at radius 3 is 2.61 bits per heavy atom. The second-order valence-corrected chi connectivity index (χ2v) is 7.99. The van der Waals surface area contributed by atoms with Crippen LogP contribution in [-0.2, 0) is 26.0 Å². The molecule has 8 nitrogen and oxygen atoms in total. The number of carbonyl (C=O) groups excluding carboxylic acids is 2. The Balaban J connectivity index is 1.77. The van der Waals surface area contributed by atoms with Gasteiger partial charge < -0.3 is 14.4 Å². The third-order valence-corrected chi connectivity index (χ3v) is 5.43. The summed E-state index contributed by atoms with van der Waals surface area (Å²) in [5, 5.41) is 5.10. The van der Waals surface area contributed by atoms with E-state index in [1.54, 1.807) is 4.90 Å². The minimum absolute atomic E-state index is 0.0520. The Kier molecular flexibility index (Phi) is 5.39. The van der Waals surface area contributed by atoms with Crippen LogP contribution in [0.15, 0.2) is 47.4 Å². The highest BCUT2D eigenvalue weighted by molar-refractivity contribution is 7.89. The lowest BCUT2D eigenvalue weighted by Crippen LogP contribution is -2.38. The number of methoxy groups -OCH3 is 1. The van der Waals surface area contributed by atoms with Crippen LogP contribution in [-0.4, -0.2) is 40.1 Å². The van der Waals surface area contributed by atoms with Gasteiger partial charge in [-0.2, -0.15) is 0 Å². The van der Waals surface area contributed by atoms with Gasteiger partial charge in [-0.1, -0.05) is 18.2 Å². The van der Waals surface area contributed by atoms with Crippen molar-refractivity contribution in [3.63, 3.8) is 0 Å². The molecule has 1 amide bonds. The summed E-state index contributed by atoms with van der Waals surface area (Å²) in [5.41, 5.74) is 1.72. The Labute approximate surface area is 162 Å². The van der Waals surface area contributed by atoms with Gasteiger partial charge in [0.2, 0.25) is 10.0 Å². The van der Waals surface area contributed by atoms with E-state index >= 15 is 0 Å². The van der Waals surface area contributed by atoms with Gasteiger partial charge in [0.05, 0.1) is 12.0 Å². The van der Waals surface area contributed by atoms with E-state index < -0.39 is 22.6 Å². The summed E-state index contributed by atoms with van der Waals surface area (Å²) < 4.78 is 33.3. The van der Waals surface area contributed by atoms with Gasteiger partial charge in [-0.25, -0.2) is 18.4 Å². The number of carbonyl (C=O) groups is 2. The molecule has 0 fully saturated rings. The predicted octanol–water partition coefficient (Wildman–Crippen LogP) is 1.48. The Morgan fingerprint density at radius 1 is 1.21 bits per heavy atom. The van der Waals surface area contributed by atoms with Gasteiger partial charge in [-0.05, 0) is 43.2 Å². The minimum Gasteiger partial charge on any atom is -0.496 e. The molecule has 9 heteroatoms. The molecule has 148 valence electrons. The Morgan fingerprint density at radius 2 is 1.93 bits per heavy atom. The molecule has 2 aromatic rings. The lowest BCUT2D eigenvalue weighted by Gasteiger charge is -2.22. The number of esters is 1. The van der Waals surface area contributed by atoms with E-state index in [-0.39, 0.29) is 28.2 Å². The lowest BCUT2D eigenvalue weighted by atomic mass is 10.1. The maximum Gasteiger partial charge on any atom is 0.342 e. The number of ether oxygens (including phenoxy) is 2. The van der Waals surface area contributed by atoms with E-state index in [2.05, 4.69) is 0 Å². The first kappa shape index (κ1) is 19.8. The fraction of sp³-hybridized carbons (Fsp3) is 0.263. The summed E-state index contributed by atoms with van der Waals surface area (Å²) >= 11 is 0. The van der Waals surface area contributed by atoms with E-state index in [0.717, 1.165) is 23.7 Å². The van der Waals surface area contributed by atoms with Crippen LogP contribution in [0.5, 0.6) is 5.75 Å². The molecule has 0 spiro atoms. The number of anilines is 1. The maximum absolute atomic E-state index is 12.6. The first-order valence-electron chi connectivity index (χ1n) is 8.50. The topological polar surface area (TPSA) is 116 Å². The fourth-order valence-corrected chi connectivity index (χ4v) is 3.78. The molecular formula is C19H20N2O6S. The van der Waals surface area contributed by atoms with Crippen LogP contribution in [0.2, 0.25) is 0 Å². The number of nitrogens with zero attached hydrogens (tertiary/aromatic N) is 1. The molecule has 1 aliphatic heterocycles. The average Bonchev–Trinajstić information content (AvgIpc) is 3.00. The summed E-state index contributed by atoms with van der Waals surface area (Å²) in [4.78, 5) is 26.4. The number of amides is 1. The van der Waals surface area contributed by atoms with Gasteiger partial charge in [-0.3, -0.25) is 4.79 Å². The molecule has 0 saturated heterocycles. The van der Waals surface area contributed by atoms with Gasteiger partial charge in [0.1, 0.15) is 11.3 Å². The number of primary sulfonamides is 1. The molecule has 1 atom stereocenters. The zero-order valence-corrected chi connectivity index (χ0v) is 16.2. The number of nitrogens with two attached hydrogens (primary N) is 1. The molecule has 0 aliphatic carbocycles. The van der Waals surface area contributed by atoms with Crippen molar-refractivity contribution in [1.29, 1.82) is 0 Å². The Bertz CT molecular complexity index is 1030. The van der Waals surface area contributed by atoms with Gasteiger partial charge in [0.15, 0.2) is 6.61 Å². The van der Waals surface area contributed by atoms with Crippen LogP contribution in [0.4, 0.5) is 5.69 Å². The summed E-state index contributed by atoms with van der Waals surface area (Å²) in [6.07, 6.45) is 0.722. The van der Waals surface area contributed by atoms with Crippen molar-refractivity contribution in [2.75, 3.05) is 18.6 Å². The van der Waals surface area contributed by atoms with E-state index in [9.17, 15) is 18.0 Å². The second kappa shape index (κ2) is 7.61. The van der Waals surface area contributed by atoms with Crippen LogP contribution < -0.4 is 14.8 Å². The van der Waals surface area contributed by atoms with Gasteiger partial charge in [0, 0.05) is 11.7 Å². The molecule has 0 aromatic heterocycles. The molecule has 1 heterocycles. The second-order valence-electron chi connectivity index (χ2n) is 6.43. The molecule has 3 rings (SSSR count). The Hall–Kier alpha value is -2.91. The fourth-order valence-electron chi connectivity index (χ4n) is 3.24. The number of para-hydroxylation sites is 1. The van der Waals surface area contributed by atoms with Crippen LogP contribution in [0.3, 0.4) is 0 Å². The molecule has 2 aromatic carbocycles. The third kappa shape index (κ3) is 3.85. The first-order chi connectivity index (χ1) is 13.2. The van der Waals surface area contributed by atoms with Crippen molar-refractivity contribution in [2.45, 2.75) is 24.3 Å². The van der Waals surface area contributed by atoms with Crippen molar-refractivity contribution >= 4 is 27.6 Å². The van der Waals surface area contributed by atoms with Gasteiger partial charge in [-0.15, -0.1) is 0 Å². The number of benzene rings is 2. The van der Waals surface area contributed by atoms with Gasteiger partial charge >= 0.3 is 5.97 Å². The van der Waals surface area contributed by atoms with Crippen LogP contribution >= 0.6 is 0 Å². The molecule has 0 radical (unpaired) electrons. The summed E-state index contributed by atoms with van der Waals surface area (Å²) in [6.45, 7) is 1.43. The number of hydrogen-bond acceptors (Lipinski definition) is 6. The number of sulfonamides is 1. The summed E-state index contributed by atoms with van der Waals surface area (Å²) in [5.74, 6) is -1.13. The first-order valence-corrected chi connectivity index (χ1v) is 10.0. The smallest absolute Gasteiger partial charge is 0.342 e. The number of fused-ring (bicyclic) bond motifs is 1. The van der Waals surface area contributed by atoms with Crippen molar-refractivity contribution in [3.05, 3.63) is 53.6 Å². The molecule has 28 heavy (non-hydrogen) atoms. The highest BCUT2D eigenvalue weighted by Crippen LogP contribution is 2.32. The molecule has 2 N–H and O–H groups in total. The summed E-state index contributed by atoms with van der Waals surface area (Å²) in [6, 6.07) is 11.1. The van der Waals surface area contributed by atoms with Crippen molar-refractivity contribution < 1.29 is 27.5 Å². The zero-order chi connectivity index (χ0) is 20.5. The lowest BCUT2D eigenvalue weighted by molar-refractivity contribution is -0.122. The van der Waals surface area contributed by atoms with Crippen LogP contribution in [0.25, 0.3) is 0 Å². The van der Waals surface area contributed by atoms with E-state index in [0.29, 0.717) is 0 Å². The molecular weight excluding hydrogens is 384 g/mol. The molecule has 0 saturated carbocycles. The zero-order valence-electron chi connectivity index (χ0n) is 15.4. The minimum atomic E-state index is -4.01. The molecule has 0 bridgehead atoms. The predicted molar refractivity (Wildman–Crippen MR) is 102 cm³/mol. The third-order valence-electron chi connectivity index (χ3n) is 4.52. The summed E-state index contributed by atoms with van der Waals surface area (Å²) in [7, 11) is -2.68. The average molecular weight is 404 g/mol. The van der Waals surface area contributed by atoms with E-state index in [4.69, 9.17) is 14.6 Å². The van der Waals surface area contributed by atoms with Crippen molar-refractivity contribution in [1.82, 2.24) is 0 Å². The van der Waals surface area contributed by atoms with Crippen LogP contribution in [0, 0.1) is 0 Å². The number of rotatable bonds is 5. The SMILES string of the molecule is COc1ccc(S(N)(=O)=O)cc1C(=O)OCC(=O)N1c2ccccc2C[C@H]1C. The largest absolute Gasteiger partial charge is 0.496 e. The maximum atomic E-state index is 12.6. The van der Waals surface area contributed by atoms with Crippen molar-refractivity contribution in [3.8, 4) is 5.75 Å². The van der Waals surface area contributed by atoms with Gasteiger partial charge in [0.25, 0.3) is 5.91 Å². The number of hydrogen-bond donors (Lipinski definition) is 1. The monoisotopic (exact) mass is 404 g/mol. The highest BCUT2D eigenvalue weighted by atomic mass is 32.2. The normalized spacial score (nSPS) is 15.8. The molecule has 1 aliphatic rings. The van der Waals surface area contributed by atoms with E-state index in [1.165, 1.54) is 19.2 Å². The van der Waals surface area contributed by atoms with Crippen LogP contribution in [0.1, 0.15) is 22.8 Å². The highest BCUT2D eigenvalue weighted by Gasteiger charge is 2.31.